The van der Waals surface area contributed by atoms with Gasteiger partial charge in [-0.3, -0.25) is 4.79 Å². The third kappa shape index (κ3) is 5.81. The standard InChI is InChI=1S/C19H26N2OS/c1-3-4-11-20-13-19(22)21(14-17-8-6-5-7-9-17)15-18-16(2)10-12-23-18/h5-10,12,20H,3-4,11,13-15H2,1-2H3. The van der Waals surface area contributed by atoms with Crippen LogP contribution in [-0.2, 0) is 17.9 Å². The number of hydrogen-bond acceptors (Lipinski definition) is 3. The third-order valence-electron chi connectivity index (χ3n) is 3.85. The van der Waals surface area contributed by atoms with Crippen LogP contribution in [0, 0.1) is 6.92 Å². The maximum absolute atomic E-state index is 12.6. The number of thiophene rings is 1. The van der Waals surface area contributed by atoms with Crippen LogP contribution in [0.25, 0.3) is 0 Å². The lowest BCUT2D eigenvalue weighted by atomic mass is 10.2. The highest BCUT2D eigenvalue weighted by atomic mass is 32.1. The summed E-state index contributed by atoms with van der Waals surface area (Å²) >= 11 is 1.72. The number of amides is 1. The van der Waals surface area contributed by atoms with Gasteiger partial charge in [0.15, 0.2) is 0 Å². The molecular formula is C19H26N2OS. The second-order valence-corrected chi connectivity index (χ2v) is 6.79. The van der Waals surface area contributed by atoms with Gasteiger partial charge in [0.25, 0.3) is 0 Å². The lowest BCUT2D eigenvalue weighted by molar-refractivity contribution is -0.131. The molecule has 1 heterocycles. The van der Waals surface area contributed by atoms with Crippen molar-refractivity contribution in [1.29, 1.82) is 0 Å². The Labute approximate surface area is 143 Å². The van der Waals surface area contributed by atoms with E-state index in [1.54, 1.807) is 11.3 Å². The van der Waals surface area contributed by atoms with Crippen LogP contribution < -0.4 is 5.32 Å². The maximum Gasteiger partial charge on any atom is 0.237 e. The zero-order valence-electron chi connectivity index (χ0n) is 14.0. The Morgan fingerprint density at radius 3 is 2.61 bits per heavy atom. The van der Waals surface area contributed by atoms with Crippen LogP contribution >= 0.6 is 11.3 Å². The van der Waals surface area contributed by atoms with Gasteiger partial charge in [-0.2, -0.15) is 0 Å². The molecule has 2 rings (SSSR count). The average Bonchev–Trinajstić information content (AvgIpc) is 2.97. The van der Waals surface area contributed by atoms with Gasteiger partial charge < -0.3 is 10.2 Å². The van der Waals surface area contributed by atoms with Crippen molar-refractivity contribution in [1.82, 2.24) is 10.2 Å². The van der Waals surface area contributed by atoms with Gasteiger partial charge in [-0.05, 0) is 42.5 Å². The van der Waals surface area contributed by atoms with E-state index in [2.05, 4.69) is 42.7 Å². The summed E-state index contributed by atoms with van der Waals surface area (Å²) in [4.78, 5) is 15.8. The summed E-state index contributed by atoms with van der Waals surface area (Å²) in [5.74, 6) is 0.165. The van der Waals surface area contributed by atoms with Crippen molar-refractivity contribution >= 4 is 17.2 Å². The van der Waals surface area contributed by atoms with Crippen LogP contribution in [-0.4, -0.2) is 23.9 Å². The van der Waals surface area contributed by atoms with E-state index in [9.17, 15) is 4.79 Å². The first kappa shape index (κ1) is 17.7. The normalized spacial score (nSPS) is 10.7. The summed E-state index contributed by atoms with van der Waals surface area (Å²) in [7, 11) is 0. The number of rotatable bonds is 9. The second-order valence-electron chi connectivity index (χ2n) is 5.79. The van der Waals surface area contributed by atoms with Gasteiger partial charge in [0.2, 0.25) is 5.91 Å². The zero-order valence-corrected chi connectivity index (χ0v) is 14.9. The third-order valence-corrected chi connectivity index (χ3v) is 4.86. The summed E-state index contributed by atoms with van der Waals surface area (Å²) in [5.41, 5.74) is 2.43. The molecule has 0 atom stereocenters. The number of carbonyl (C=O) groups excluding carboxylic acids is 1. The van der Waals surface area contributed by atoms with Crippen molar-refractivity contribution in [3.05, 3.63) is 57.8 Å². The molecule has 23 heavy (non-hydrogen) atoms. The van der Waals surface area contributed by atoms with E-state index in [0.29, 0.717) is 19.6 Å². The Morgan fingerprint density at radius 1 is 1.17 bits per heavy atom. The monoisotopic (exact) mass is 330 g/mol. The topological polar surface area (TPSA) is 32.3 Å². The fourth-order valence-corrected chi connectivity index (χ4v) is 3.31. The Hall–Kier alpha value is -1.65. The molecule has 0 radical (unpaired) electrons. The largest absolute Gasteiger partial charge is 0.332 e. The van der Waals surface area contributed by atoms with Gasteiger partial charge >= 0.3 is 0 Å². The zero-order chi connectivity index (χ0) is 16.5. The molecule has 0 fully saturated rings. The summed E-state index contributed by atoms with van der Waals surface area (Å²) in [6.07, 6.45) is 2.25. The molecule has 0 bridgehead atoms. The van der Waals surface area contributed by atoms with E-state index in [1.165, 1.54) is 16.0 Å². The number of hydrogen-bond donors (Lipinski definition) is 1. The molecule has 1 amide bonds. The summed E-state index contributed by atoms with van der Waals surface area (Å²) in [6, 6.07) is 12.3. The fourth-order valence-electron chi connectivity index (χ4n) is 2.38. The van der Waals surface area contributed by atoms with Crippen molar-refractivity contribution in [2.45, 2.75) is 39.8 Å². The number of nitrogens with zero attached hydrogens (tertiary/aromatic N) is 1. The van der Waals surface area contributed by atoms with E-state index >= 15 is 0 Å². The van der Waals surface area contributed by atoms with Crippen molar-refractivity contribution < 1.29 is 4.79 Å². The van der Waals surface area contributed by atoms with E-state index in [1.807, 2.05) is 23.1 Å². The molecule has 0 aliphatic rings. The van der Waals surface area contributed by atoms with Gasteiger partial charge in [0.1, 0.15) is 0 Å². The highest BCUT2D eigenvalue weighted by Gasteiger charge is 2.15. The van der Waals surface area contributed by atoms with Crippen molar-refractivity contribution in [3.63, 3.8) is 0 Å². The molecular weight excluding hydrogens is 304 g/mol. The van der Waals surface area contributed by atoms with Gasteiger partial charge in [-0.1, -0.05) is 43.7 Å². The van der Waals surface area contributed by atoms with E-state index < -0.39 is 0 Å². The summed E-state index contributed by atoms with van der Waals surface area (Å²) in [6.45, 7) is 6.93. The first-order valence-corrected chi connectivity index (χ1v) is 9.14. The average molecular weight is 330 g/mol. The molecule has 0 aliphatic carbocycles. The maximum atomic E-state index is 12.6. The molecule has 1 aromatic carbocycles. The first-order chi connectivity index (χ1) is 11.2. The van der Waals surface area contributed by atoms with Gasteiger partial charge in [-0.25, -0.2) is 0 Å². The molecule has 0 unspecified atom stereocenters. The quantitative estimate of drug-likeness (QED) is 0.706. The van der Waals surface area contributed by atoms with Crippen LogP contribution in [0.2, 0.25) is 0 Å². The molecule has 124 valence electrons. The van der Waals surface area contributed by atoms with E-state index in [0.717, 1.165) is 19.4 Å². The van der Waals surface area contributed by atoms with Crippen LogP contribution in [0.15, 0.2) is 41.8 Å². The number of nitrogens with one attached hydrogen (secondary N) is 1. The minimum absolute atomic E-state index is 0.165. The highest BCUT2D eigenvalue weighted by Crippen LogP contribution is 2.19. The molecule has 4 heteroatoms. The summed E-state index contributed by atoms with van der Waals surface area (Å²) < 4.78 is 0. The lowest BCUT2D eigenvalue weighted by Crippen LogP contribution is -2.37. The van der Waals surface area contributed by atoms with Gasteiger partial charge in [-0.15, -0.1) is 11.3 Å². The molecule has 0 saturated heterocycles. The number of unbranched alkanes of at least 4 members (excludes halogenated alkanes) is 1. The Kier molecular flexibility index (Phi) is 7.30. The first-order valence-electron chi connectivity index (χ1n) is 8.26. The van der Waals surface area contributed by atoms with Crippen LogP contribution in [0.4, 0.5) is 0 Å². The Bertz CT molecular complexity index is 594. The van der Waals surface area contributed by atoms with Crippen LogP contribution in [0.1, 0.15) is 35.8 Å². The molecule has 1 aromatic heterocycles. The molecule has 2 aromatic rings. The highest BCUT2D eigenvalue weighted by molar-refractivity contribution is 7.10. The predicted molar refractivity (Wildman–Crippen MR) is 97.5 cm³/mol. The van der Waals surface area contributed by atoms with Crippen molar-refractivity contribution in [3.8, 4) is 0 Å². The van der Waals surface area contributed by atoms with Crippen LogP contribution in [0.5, 0.6) is 0 Å². The van der Waals surface area contributed by atoms with Gasteiger partial charge in [0.05, 0.1) is 13.1 Å². The molecule has 0 aliphatic heterocycles. The Balaban J connectivity index is 2.01. The Morgan fingerprint density at radius 2 is 1.96 bits per heavy atom. The number of carbonyl (C=O) groups is 1. The van der Waals surface area contributed by atoms with Crippen molar-refractivity contribution in [2.24, 2.45) is 0 Å². The smallest absolute Gasteiger partial charge is 0.237 e. The van der Waals surface area contributed by atoms with Gasteiger partial charge in [0, 0.05) is 11.4 Å². The van der Waals surface area contributed by atoms with Crippen molar-refractivity contribution in [2.75, 3.05) is 13.1 Å². The second kappa shape index (κ2) is 9.48. The number of benzene rings is 1. The SMILES string of the molecule is CCCCNCC(=O)N(Cc1ccccc1)Cc1sccc1C. The van der Waals surface area contributed by atoms with E-state index in [-0.39, 0.29) is 5.91 Å². The number of aryl methyl sites for hydroxylation is 1. The molecule has 0 spiro atoms. The predicted octanol–water partition coefficient (Wildman–Crippen LogP) is 3.98. The minimum Gasteiger partial charge on any atom is -0.332 e. The van der Waals surface area contributed by atoms with Crippen LogP contribution in [0.3, 0.4) is 0 Å². The molecule has 3 nitrogen and oxygen atoms in total. The molecule has 1 N–H and O–H groups in total. The fraction of sp³-hybridized carbons (Fsp3) is 0.421. The lowest BCUT2D eigenvalue weighted by Gasteiger charge is -2.23. The molecule has 0 saturated carbocycles. The van der Waals surface area contributed by atoms with E-state index in [4.69, 9.17) is 0 Å². The summed E-state index contributed by atoms with van der Waals surface area (Å²) in [5, 5.41) is 5.35. The minimum atomic E-state index is 0.165.